The fourth-order valence-electron chi connectivity index (χ4n) is 2.48. The lowest BCUT2D eigenvalue weighted by Crippen LogP contribution is -2.43. The van der Waals surface area contributed by atoms with Gasteiger partial charge in [0.2, 0.25) is 0 Å². The number of nitriles is 1. The van der Waals surface area contributed by atoms with Crippen LogP contribution < -0.4 is 4.74 Å². The molecular formula is C16H8F5NO2S. The summed E-state index contributed by atoms with van der Waals surface area (Å²) in [7, 11) is 0. The van der Waals surface area contributed by atoms with E-state index in [9.17, 15) is 32.3 Å². The smallest absolute Gasteiger partial charge is 0.422 e. The molecule has 0 saturated heterocycles. The fraction of sp³-hybridized carbons (Fsp3) is 0.188. The molecule has 1 N–H and O–H groups in total. The van der Waals surface area contributed by atoms with Crippen molar-refractivity contribution in [1.82, 2.24) is 0 Å². The van der Waals surface area contributed by atoms with E-state index < -0.39 is 40.3 Å². The van der Waals surface area contributed by atoms with Crippen molar-refractivity contribution in [3.8, 4) is 17.6 Å². The Bertz CT molecular complexity index is 873. The Morgan fingerprint density at radius 1 is 1.16 bits per heavy atom. The highest BCUT2D eigenvalue weighted by molar-refractivity contribution is 7.99. The summed E-state index contributed by atoms with van der Waals surface area (Å²) >= 11 is 0.754. The molecule has 0 saturated carbocycles. The molecule has 1 aliphatic rings. The number of alkyl halides is 3. The minimum atomic E-state index is -5.00. The Morgan fingerprint density at radius 3 is 2.36 bits per heavy atom. The fourth-order valence-corrected chi connectivity index (χ4v) is 3.74. The van der Waals surface area contributed by atoms with Crippen LogP contribution in [0.4, 0.5) is 22.0 Å². The quantitative estimate of drug-likeness (QED) is 0.789. The third-order valence-corrected chi connectivity index (χ3v) is 4.84. The van der Waals surface area contributed by atoms with Crippen molar-refractivity contribution >= 4 is 11.8 Å². The second-order valence-electron chi connectivity index (χ2n) is 5.28. The summed E-state index contributed by atoms with van der Waals surface area (Å²) in [6, 6.07) is 6.30. The molecule has 0 radical (unpaired) electrons. The third-order valence-electron chi connectivity index (χ3n) is 3.62. The molecule has 0 bridgehead atoms. The van der Waals surface area contributed by atoms with Gasteiger partial charge in [-0.05, 0) is 12.1 Å². The standard InChI is InChI=1S/C16H8F5NO2S/c17-8-3-9(18)5-10(4-8)24-12-1-2-13-14(11(12)6-22)15(23,7-25-13)16(19,20)21/h1-5,23H,7H2. The van der Waals surface area contributed by atoms with Crippen LogP contribution in [-0.2, 0) is 5.60 Å². The first-order valence-electron chi connectivity index (χ1n) is 6.79. The number of aliphatic hydroxyl groups is 1. The molecule has 0 aromatic heterocycles. The zero-order chi connectivity index (χ0) is 18.4. The number of rotatable bonds is 2. The Hall–Kier alpha value is -2.31. The number of hydrogen-bond acceptors (Lipinski definition) is 4. The van der Waals surface area contributed by atoms with E-state index in [1.165, 1.54) is 12.1 Å². The van der Waals surface area contributed by atoms with E-state index in [0.29, 0.717) is 6.07 Å². The number of nitrogens with zero attached hydrogens (tertiary/aromatic N) is 1. The van der Waals surface area contributed by atoms with Gasteiger partial charge >= 0.3 is 6.18 Å². The minimum Gasteiger partial charge on any atom is -0.456 e. The van der Waals surface area contributed by atoms with Gasteiger partial charge in [0.25, 0.3) is 0 Å². The molecule has 25 heavy (non-hydrogen) atoms. The maximum absolute atomic E-state index is 13.3. The van der Waals surface area contributed by atoms with Gasteiger partial charge in [-0.3, -0.25) is 0 Å². The summed E-state index contributed by atoms with van der Waals surface area (Å²) < 4.78 is 71.5. The summed E-state index contributed by atoms with van der Waals surface area (Å²) in [5.41, 5.74) is -4.35. The van der Waals surface area contributed by atoms with Crippen molar-refractivity contribution in [2.24, 2.45) is 0 Å². The van der Waals surface area contributed by atoms with E-state index in [1.54, 1.807) is 6.07 Å². The number of thioether (sulfide) groups is 1. The van der Waals surface area contributed by atoms with Crippen molar-refractivity contribution < 1.29 is 31.8 Å². The lowest BCUT2D eigenvalue weighted by molar-refractivity contribution is -0.256. The number of hydrogen-bond donors (Lipinski definition) is 1. The predicted octanol–water partition coefficient (Wildman–Crippen LogP) is 4.48. The van der Waals surface area contributed by atoms with E-state index in [1.807, 2.05) is 0 Å². The lowest BCUT2D eigenvalue weighted by Gasteiger charge is -2.27. The van der Waals surface area contributed by atoms with Crippen molar-refractivity contribution in [2.45, 2.75) is 16.7 Å². The molecule has 1 atom stereocenters. The van der Waals surface area contributed by atoms with Crippen LogP contribution in [0.25, 0.3) is 0 Å². The first-order valence-corrected chi connectivity index (χ1v) is 7.78. The van der Waals surface area contributed by atoms with Crippen molar-refractivity contribution in [3.63, 3.8) is 0 Å². The summed E-state index contributed by atoms with van der Waals surface area (Å²) in [4.78, 5) is 0.0918. The Balaban J connectivity index is 2.12. The summed E-state index contributed by atoms with van der Waals surface area (Å²) in [5, 5.41) is 19.4. The monoisotopic (exact) mass is 373 g/mol. The second-order valence-corrected chi connectivity index (χ2v) is 6.29. The summed E-state index contributed by atoms with van der Waals surface area (Å²) in [6.07, 6.45) is -5.00. The first-order chi connectivity index (χ1) is 11.7. The highest BCUT2D eigenvalue weighted by atomic mass is 32.2. The normalized spacial score (nSPS) is 19.4. The van der Waals surface area contributed by atoms with Crippen molar-refractivity contribution in [1.29, 1.82) is 5.26 Å². The molecule has 1 unspecified atom stereocenters. The van der Waals surface area contributed by atoms with Crippen LogP contribution >= 0.6 is 11.8 Å². The maximum atomic E-state index is 13.3. The molecule has 0 aliphatic carbocycles. The van der Waals surface area contributed by atoms with Crippen LogP contribution in [0, 0.1) is 23.0 Å². The van der Waals surface area contributed by atoms with Gasteiger partial charge in [-0.25, -0.2) is 8.78 Å². The Morgan fingerprint density at radius 2 is 1.80 bits per heavy atom. The van der Waals surface area contributed by atoms with E-state index >= 15 is 0 Å². The average molecular weight is 373 g/mol. The second kappa shape index (κ2) is 5.89. The molecule has 3 nitrogen and oxygen atoms in total. The van der Waals surface area contributed by atoms with Crippen LogP contribution in [-0.4, -0.2) is 17.0 Å². The molecule has 2 aromatic rings. The molecular weight excluding hydrogens is 365 g/mol. The summed E-state index contributed by atoms with van der Waals surface area (Å²) in [5.74, 6) is -3.25. The maximum Gasteiger partial charge on any atom is 0.422 e. The first kappa shape index (κ1) is 17.5. The van der Waals surface area contributed by atoms with Crippen LogP contribution in [0.5, 0.6) is 11.5 Å². The molecule has 9 heteroatoms. The topological polar surface area (TPSA) is 53.2 Å². The molecule has 1 heterocycles. The van der Waals surface area contributed by atoms with Crippen LogP contribution in [0.1, 0.15) is 11.1 Å². The molecule has 0 fully saturated rings. The molecule has 0 amide bonds. The minimum absolute atomic E-state index is 0.0918. The van der Waals surface area contributed by atoms with Crippen LogP contribution in [0.2, 0.25) is 0 Å². The average Bonchev–Trinajstić information content (AvgIpc) is 2.85. The Labute approximate surface area is 142 Å². The highest BCUT2D eigenvalue weighted by Crippen LogP contribution is 2.53. The molecule has 2 aromatic carbocycles. The molecule has 130 valence electrons. The van der Waals surface area contributed by atoms with Gasteiger partial charge in [0.1, 0.15) is 34.8 Å². The highest BCUT2D eigenvalue weighted by Gasteiger charge is 2.60. The number of fused-ring (bicyclic) bond motifs is 1. The number of ether oxygens (including phenoxy) is 1. The Kier molecular flexibility index (Phi) is 4.13. The van der Waals surface area contributed by atoms with Gasteiger partial charge < -0.3 is 9.84 Å². The van der Waals surface area contributed by atoms with E-state index in [-0.39, 0.29) is 16.4 Å². The van der Waals surface area contributed by atoms with E-state index in [2.05, 4.69) is 0 Å². The van der Waals surface area contributed by atoms with Gasteiger partial charge in [0.05, 0.1) is 0 Å². The van der Waals surface area contributed by atoms with Gasteiger partial charge in [0.15, 0.2) is 5.60 Å². The van der Waals surface area contributed by atoms with Crippen molar-refractivity contribution in [3.05, 3.63) is 53.1 Å². The van der Waals surface area contributed by atoms with Gasteiger partial charge in [-0.1, -0.05) is 0 Å². The predicted molar refractivity (Wildman–Crippen MR) is 78.3 cm³/mol. The molecule has 0 spiro atoms. The SMILES string of the molecule is N#Cc1c(Oc2cc(F)cc(F)c2)ccc2c1C(O)(C(F)(F)F)CS2. The number of halogens is 5. The lowest BCUT2D eigenvalue weighted by atomic mass is 9.91. The summed E-state index contributed by atoms with van der Waals surface area (Å²) in [6.45, 7) is 0. The zero-order valence-electron chi connectivity index (χ0n) is 12.2. The van der Waals surface area contributed by atoms with Gasteiger partial charge in [-0.2, -0.15) is 18.4 Å². The molecule has 3 rings (SSSR count). The molecule has 1 aliphatic heterocycles. The largest absolute Gasteiger partial charge is 0.456 e. The van der Waals surface area contributed by atoms with Gasteiger partial charge in [0, 0.05) is 34.4 Å². The number of benzene rings is 2. The zero-order valence-corrected chi connectivity index (χ0v) is 13.0. The van der Waals surface area contributed by atoms with E-state index in [4.69, 9.17) is 4.74 Å². The van der Waals surface area contributed by atoms with Gasteiger partial charge in [-0.15, -0.1) is 11.8 Å². The van der Waals surface area contributed by atoms with Crippen molar-refractivity contribution in [2.75, 3.05) is 5.75 Å². The van der Waals surface area contributed by atoms with Crippen LogP contribution in [0.3, 0.4) is 0 Å². The van der Waals surface area contributed by atoms with Crippen LogP contribution in [0.15, 0.2) is 35.2 Å². The van der Waals surface area contributed by atoms with E-state index in [0.717, 1.165) is 23.9 Å². The third kappa shape index (κ3) is 2.92.